The normalized spacial score (nSPS) is 18.0. The van der Waals surface area contributed by atoms with E-state index < -0.39 is 0 Å². The monoisotopic (exact) mass is 326 g/mol. The van der Waals surface area contributed by atoms with E-state index in [2.05, 4.69) is 57.2 Å². The summed E-state index contributed by atoms with van der Waals surface area (Å²) in [6, 6.07) is 18.7. The van der Waals surface area contributed by atoms with Crippen LogP contribution < -0.4 is 4.90 Å². The molecule has 0 bridgehead atoms. The van der Waals surface area contributed by atoms with Crippen LogP contribution in [-0.2, 0) is 0 Å². The van der Waals surface area contributed by atoms with Crippen LogP contribution in [0.2, 0.25) is 0 Å². The predicted octanol–water partition coefficient (Wildman–Crippen LogP) is 4.31. The first kappa shape index (κ1) is 13.2. The van der Waals surface area contributed by atoms with Gasteiger partial charge in [-0.05, 0) is 42.3 Å². The van der Waals surface area contributed by atoms with E-state index in [1.165, 1.54) is 12.0 Å². The summed E-state index contributed by atoms with van der Waals surface area (Å²) < 4.78 is 1.12. The molecule has 1 atom stereocenters. The Morgan fingerprint density at radius 1 is 1.15 bits per heavy atom. The van der Waals surface area contributed by atoms with Crippen LogP contribution in [0, 0.1) is 11.3 Å². The molecule has 20 heavy (non-hydrogen) atoms. The number of benzene rings is 2. The molecule has 0 N–H and O–H groups in total. The number of rotatable bonds is 2. The standard InChI is InChI=1S/C17H15BrN2/c18-16-6-4-14(5-7-16)15-8-9-20(12-15)17-3-1-2-13(10-17)11-19/h1-7,10,15H,8-9,12H2. The van der Waals surface area contributed by atoms with Crippen molar-refractivity contribution in [2.45, 2.75) is 12.3 Å². The maximum atomic E-state index is 8.99. The zero-order valence-electron chi connectivity index (χ0n) is 11.1. The van der Waals surface area contributed by atoms with Crippen LogP contribution in [0.15, 0.2) is 53.0 Å². The molecule has 1 aliphatic heterocycles. The lowest BCUT2D eigenvalue weighted by Crippen LogP contribution is -2.19. The minimum atomic E-state index is 0.578. The van der Waals surface area contributed by atoms with Gasteiger partial charge < -0.3 is 4.90 Å². The third-order valence-corrected chi connectivity index (χ3v) is 4.40. The highest BCUT2D eigenvalue weighted by atomic mass is 79.9. The smallest absolute Gasteiger partial charge is 0.0992 e. The minimum absolute atomic E-state index is 0.578. The Morgan fingerprint density at radius 2 is 1.95 bits per heavy atom. The Kier molecular flexibility index (Phi) is 3.75. The number of hydrogen-bond acceptors (Lipinski definition) is 2. The van der Waals surface area contributed by atoms with E-state index in [0.29, 0.717) is 5.92 Å². The Bertz CT molecular complexity index is 643. The molecule has 2 aromatic rings. The molecule has 1 unspecified atom stereocenters. The van der Waals surface area contributed by atoms with Crippen LogP contribution in [0.1, 0.15) is 23.5 Å². The molecule has 0 aromatic heterocycles. The van der Waals surface area contributed by atoms with Gasteiger partial charge in [-0.1, -0.05) is 34.1 Å². The van der Waals surface area contributed by atoms with Crippen molar-refractivity contribution in [2.75, 3.05) is 18.0 Å². The predicted molar refractivity (Wildman–Crippen MR) is 84.9 cm³/mol. The van der Waals surface area contributed by atoms with Gasteiger partial charge in [-0.3, -0.25) is 0 Å². The van der Waals surface area contributed by atoms with Gasteiger partial charge in [0.05, 0.1) is 11.6 Å². The second-order valence-corrected chi connectivity index (χ2v) is 6.06. The van der Waals surface area contributed by atoms with Gasteiger partial charge in [0.15, 0.2) is 0 Å². The first-order valence-corrected chi connectivity index (χ1v) is 7.56. The summed E-state index contributed by atoms with van der Waals surface area (Å²) in [6.45, 7) is 2.08. The summed E-state index contributed by atoms with van der Waals surface area (Å²) in [5, 5.41) is 8.99. The van der Waals surface area contributed by atoms with E-state index >= 15 is 0 Å². The molecule has 3 heteroatoms. The van der Waals surface area contributed by atoms with Crippen LogP contribution in [0.5, 0.6) is 0 Å². The number of halogens is 1. The fraction of sp³-hybridized carbons (Fsp3) is 0.235. The van der Waals surface area contributed by atoms with Gasteiger partial charge in [0.1, 0.15) is 0 Å². The molecule has 1 aliphatic rings. The summed E-state index contributed by atoms with van der Waals surface area (Å²) >= 11 is 3.48. The zero-order chi connectivity index (χ0) is 13.9. The minimum Gasteiger partial charge on any atom is -0.371 e. The average Bonchev–Trinajstić information content (AvgIpc) is 2.98. The molecule has 3 rings (SSSR count). The molecule has 0 amide bonds. The molecular weight excluding hydrogens is 312 g/mol. The second kappa shape index (κ2) is 5.68. The lowest BCUT2D eigenvalue weighted by atomic mass is 9.99. The van der Waals surface area contributed by atoms with Crippen molar-refractivity contribution in [1.29, 1.82) is 5.26 Å². The van der Waals surface area contributed by atoms with E-state index in [1.54, 1.807) is 0 Å². The average molecular weight is 327 g/mol. The SMILES string of the molecule is N#Cc1cccc(N2CCC(c3ccc(Br)cc3)C2)c1. The highest BCUT2D eigenvalue weighted by Gasteiger charge is 2.24. The number of nitrogens with zero attached hydrogens (tertiary/aromatic N) is 2. The van der Waals surface area contributed by atoms with E-state index in [9.17, 15) is 0 Å². The molecular formula is C17H15BrN2. The van der Waals surface area contributed by atoms with Gasteiger partial charge in [0.25, 0.3) is 0 Å². The first-order valence-electron chi connectivity index (χ1n) is 6.77. The van der Waals surface area contributed by atoms with Crippen molar-refractivity contribution >= 4 is 21.6 Å². The Balaban J connectivity index is 1.76. The molecule has 1 saturated heterocycles. The van der Waals surface area contributed by atoms with Gasteiger partial charge >= 0.3 is 0 Å². The lowest BCUT2D eigenvalue weighted by Gasteiger charge is -2.19. The Morgan fingerprint density at radius 3 is 2.70 bits per heavy atom. The van der Waals surface area contributed by atoms with Crippen molar-refractivity contribution < 1.29 is 0 Å². The molecule has 1 fully saturated rings. The fourth-order valence-electron chi connectivity index (χ4n) is 2.77. The van der Waals surface area contributed by atoms with Gasteiger partial charge in [-0.15, -0.1) is 0 Å². The van der Waals surface area contributed by atoms with Crippen molar-refractivity contribution in [3.05, 3.63) is 64.1 Å². The molecule has 0 saturated carbocycles. The summed E-state index contributed by atoms with van der Waals surface area (Å²) in [5.74, 6) is 0.578. The van der Waals surface area contributed by atoms with Gasteiger partial charge in [0.2, 0.25) is 0 Å². The van der Waals surface area contributed by atoms with E-state index in [-0.39, 0.29) is 0 Å². The largest absolute Gasteiger partial charge is 0.371 e. The first-order chi connectivity index (χ1) is 9.76. The molecule has 0 radical (unpaired) electrons. The van der Waals surface area contributed by atoms with E-state index in [1.807, 2.05) is 18.2 Å². The van der Waals surface area contributed by atoms with Crippen molar-refractivity contribution in [3.63, 3.8) is 0 Å². The molecule has 2 aromatic carbocycles. The van der Waals surface area contributed by atoms with Crippen LogP contribution in [0.4, 0.5) is 5.69 Å². The van der Waals surface area contributed by atoms with Gasteiger partial charge in [-0.2, -0.15) is 5.26 Å². The Labute approximate surface area is 127 Å². The molecule has 2 nitrogen and oxygen atoms in total. The lowest BCUT2D eigenvalue weighted by molar-refractivity contribution is 0.775. The fourth-order valence-corrected chi connectivity index (χ4v) is 3.04. The summed E-state index contributed by atoms with van der Waals surface area (Å²) in [7, 11) is 0. The van der Waals surface area contributed by atoms with Gasteiger partial charge in [0, 0.05) is 29.2 Å². The molecule has 100 valence electrons. The summed E-state index contributed by atoms with van der Waals surface area (Å²) in [6.07, 6.45) is 1.17. The summed E-state index contributed by atoms with van der Waals surface area (Å²) in [5.41, 5.74) is 3.28. The van der Waals surface area contributed by atoms with Crippen LogP contribution >= 0.6 is 15.9 Å². The maximum absolute atomic E-state index is 8.99. The molecule has 0 aliphatic carbocycles. The molecule has 1 heterocycles. The van der Waals surface area contributed by atoms with Gasteiger partial charge in [-0.25, -0.2) is 0 Å². The second-order valence-electron chi connectivity index (χ2n) is 5.15. The highest BCUT2D eigenvalue weighted by Crippen LogP contribution is 2.31. The number of hydrogen-bond donors (Lipinski definition) is 0. The molecule has 0 spiro atoms. The number of nitriles is 1. The third-order valence-electron chi connectivity index (χ3n) is 3.87. The third kappa shape index (κ3) is 2.71. The quantitative estimate of drug-likeness (QED) is 0.822. The van der Waals surface area contributed by atoms with Crippen molar-refractivity contribution in [3.8, 4) is 6.07 Å². The highest BCUT2D eigenvalue weighted by molar-refractivity contribution is 9.10. The van der Waals surface area contributed by atoms with Crippen molar-refractivity contribution in [1.82, 2.24) is 0 Å². The number of anilines is 1. The zero-order valence-corrected chi connectivity index (χ0v) is 12.7. The Hall–Kier alpha value is -1.79. The van der Waals surface area contributed by atoms with Crippen molar-refractivity contribution in [2.24, 2.45) is 0 Å². The van der Waals surface area contributed by atoms with Crippen LogP contribution in [0.25, 0.3) is 0 Å². The van der Waals surface area contributed by atoms with E-state index in [4.69, 9.17) is 5.26 Å². The maximum Gasteiger partial charge on any atom is 0.0992 e. The summed E-state index contributed by atoms with van der Waals surface area (Å²) in [4.78, 5) is 2.37. The van der Waals surface area contributed by atoms with E-state index in [0.717, 1.165) is 28.8 Å². The topological polar surface area (TPSA) is 27.0 Å². The van der Waals surface area contributed by atoms with Crippen LogP contribution in [0.3, 0.4) is 0 Å². The van der Waals surface area contributed by atoms with Crippen LogP contribution in [-0.4, -0.2) is 13.1 Å².